The van der Waals surface area contributed by atoms with Crippen molar-refractivity contribution in [3.63, 3.8) is 0 Å². The Balaban J connectivity index is 2.57. The fourth-order valence-electron chi connectivity index (χ4n) is 1.71. The summed E-state index contributed by atoms with van der Waals surface area (Å²) in [5.41, 5.74) is 0.805. The van der Waals surface area contributed by atoms with E-state index in [-0.39, 0.29) is 12.5 Å². The number of carbonyl (C=O) groups excluding carboxylic acids is 2. The average Bonchev–Trinajstić information content (AvgIpc) is 2.42. The van der Waals surface area contributed by atoms with Gasteiger partial charge in [0.2, 0.25) is 0 Å². The van der Waals surface area contributed by atoms with E-state index in [4.69, 9.17) is 4.74 Å². The van der Waals surface area contributed by atoms with Crippen LogP contribution >= 0.6 is 0 Å². The first-order chi connectivity index (χ1) is 9.45. The van der Waals surface area contributed by atoms with Crippen molar-refractivity contribution in [2.75, 3.05) is 7.11 Å². The Hall–Kier alpha value is -2.24. The summed E-state index contributed by atoms with van der Waals surface area (Å²) in [6, 6.07) is 5.68. The minimum atomic E-state index is -1.30. The van der Waals surface area contributed by atoms with Crippen LogP contribution in [0.15, 0.2) is 24.3 Å². The number of urea groups is 1. The van der Waals surface area contributed by atoms with Crippen LogP contribution in [0.3, 0.4) is 0 Å². The Labute approximate surface area is 118 Å². The molecule has 2 amide bonds. The number of carboxylic acid groups (broad SMARTS) is 1. The fourth-order valence-corrected chi connectivity index (χ4v) is 1.71. The Kier molecular flexibility index (Phi) is 5.83. The molecule has 0 saturated carbocycles. The molecule has 0 aliphatic heterocycles. The number of nitrogens with one attached hydrogen (secondary N) is 2. The molecule has 0 aliphatic carbocycles. The topological polar surface area (TPSA) is 90.5 Å². The number of hydrogen-bond donors (Lipinski definition) is 2. The minimum Gasteiger partial charge on any atom is -0.548 e. The lowest BCUT2D eigenvalue weighted by atomic mass is 10.1. The highest BCUT2D eigenvalue weighted by Gasteiger charge is 2.17. The van der Waals surface area contributed by atoms with Gasteiger partial charge in [-0.2, -0.15) is 0 Å². The maximum atomic E-state index is 11.7. The van der Waals surface area contributed by atoms with E-state index in [1.165, 1.54) is 0 Å². The van der Waals surface area contributed by atoms with Crippen LogP contribution in [-0.4, -0.2) is 25.2 Å². The van der Waals surface area contributed by atoms with E-state index in [9.17, 15) is 14.7 Å². The summed E-state index contributed by atoms with van der Waals surface area (Å²) in [5, 5.41) is 15.8. The van der Waals surface area contributed by atoms with Crippen LogP contribution < -0.4 is 20.5 Å². The molecule has 6 nitrogen and oxygen atoms in total. The van der Waals surface area contributed by atoms with Gasteiger partial charge in [-0.1, -0.05) is 32.0 Å². The van der Waals surface area contributed by atoms with Gasteiger partial charge in [0, 0.05) is 12.1 Å². The Morgan fingerprint density at radius 2 is 1.95 bits per heavy atom. The number of amides is 2. The summed E-state index contributed by atoms with van der Waals surface area (Å²) in [6.07, 6.45) is 0. The molecule has 20 heavy (non-hydrogen) atoms. The fraction of sp³-hybridized carbons (Fsp3) is 0.429. The van der Waals surface area contributed by atoms with Crippen LogP contribution in [0.1, 0.15) is 19.4 Å². The predicted molar refractivity (Wildman–Crippen MR) is 72.0 cm³/mol. The van der Waals surface area contributed by atoms with Gasteiger partial charge in [-0.05, 0) is 12.0 Å². The quantitative estimate of drug-likeness (QED) is 0.782. The first-order valence-electron chi connectivity index (χ1n) is 6.32. The first kappa shape index (κ1) is 15.8. The molecule has 0 radical (unpaired) electrons. The highest BCUT2D eigenvalue weighted by molar-refractivity contribution is 5.81. The van der Waals surface area contributed by atoms with Gasteiger partial charge in [-0.3, -0.25) is 0 Å². The first-order valence-corrected chi connectivity index (χ1v) is 6.32. The summed E-state index contributed by atoms with van der Waals surface area (Å²) in [7, 11) is 1.55. The van der Waals surface area contributed by atoms with Gasteiger partial charge < -0.3 is 25.3 Å². The van der Waals surface area contributed by atoms with E-state index in [0.717, 1.165) is 5.56 Å². The summed E-state index contributed by atoms with van der Waals surface area (Å²) in [6.45, 7) is 3.63. The lowest BCUT2D eigenvalue weighted by molar-refractivity contribution is -0.309. The maximum absolute atomic E-state index is 11.7. The molecule has 0 fully saturated rings. The van der Waals surface area contributed by atoms with Crippen LogP contribution in [0.25, 0.3) is 0 Å². The smallest absolute Gasteiger partial charge is 0.315 e. The van der Waals surface area contributed by atoms with E-state index >= 15 is 0 Å². The molecule has 2 N–H and O–H groups in total. The number of para-hydroxylation sites is 1. The molecule has 0 spiro atoms. The van der Waals surface area contributed by atoms with Crippen LogP contribution in [-0.2, 0) is 11.3 Å². The number of hydrogen-bond acceptors (Lipinski definition) is 4. The molecule has 1 rings (SSSR count). The second kappa shape index (κ2) is 7.37. The zero-order valence-corrected chi connectivity index (χ0v) is 11.8. The summed E-state index contributed by atoms with van der Waals surface area (Å²) < 4.78 is 5.16. The van der Waals surface area contributed by atoms with E-state index in [1.807, 2.05) is 18.2 Å². The monoisotopic (exact) mass is 279 g/mol. The number of rotatable bonds is 6. The highest BCUT2D eigenvalue weighted by atomic mass is 16.5. The van der Waals surface area contributed by atoms with E-state index in [1.54, 1.807) is 27.0 Å². The minimum absolute atomic E-state index is 0.244. The highest BCUT2D eigenvalue weighted by Crippen LogP contribution is 2.16. The molecule has 0 saturated heterocycles. The van der Waals surface area contributed by atoms with Crippen LogP contribution in [0, 0.1) is 5.92 Å². The summed E-state index contributed by atoms with van der Waals surface area (Å²) >= 11 is 0. The summed E-state index contributed by atoms with van der Waals surface area (Å²) in [5.74, 6) is -0.891. The standard InChI is InChI=1S/C14H20N2O4/c1-9(2)12(13(17)18)16-14(19)15-8-10-6-4-5-7-11(10)20-3/h4-7,9,12H,8H2,1-3H3,(H,17,18)(H2,15,16,19)/p-1/t12-/m0/s1. The molecule has 0 heterocycles. The average molecular weight is 279 g/mol. The van der Waals surface area contributed by atoms with Gasteiger partial charge in [-0.15, -0.1) is 0 Å². The van der Waals surface area contributed by atoms with Crippen molar-refractivity contribution in [3.05, 3.63) is 29.8 Å². The maximum Gasteiger partial charge on any atom is 0.315 e. The van der Waals surface area contributed by atoms with Crippen molar-refractivity contribution in [3.8, 4) is 5.75 Å². The molecule has 1 atom stereocenters. The van der Waals surface area contributed by atoms with E-state index < -0.39 is 18.0 Å². The van der Waals surface area contributed by atoms with Crippen molar-refractivity contribution >= 4 is 12.0 Å². The zero-order valence-electron chi connectivity index (χ0n) is 11.8. The molecule has 6 heteroatoms. The Morgan fingerprint density at radius 3 is 2.50 bits per heavy atom. The van der Waals surface area contributed by atoms with Gasteiger partial charge in [0.25, 0.3) is 0 Å². The lowest BCUT2D eigenvalue weighted by Crippen LogP contribution is -2.53. The molecule has 0 bridgehead atoms. The van der Waals surface area contributed by atoms with Gasteiger partial charge in [-0.25, -0.2) is 4.79 Å². The number of carbonyl (C=O) groups is 2. The molecule has 1 aromatic carbocycles. The van der Waals surface area contributed by atoms with Gasteiger partial charge in [0.15, 0.2) is 0 Å². The van der Waals surface area contributed by atoms with Crippen molar-refractivity contribution in [1.82, 2.24) is 10.6 Å². The second-order valence-electron chi connectivity index (χ2n) is 4.68. The normalized spacial score (nSPS) is 11.8. The van der Waals surface area contributed by atoms with Gasteiger partial charge >= 0.3 is 6.03 Å². The van der Waals surface area contributed by atoms with E-state index in [2.05, 4.69) is 10.6 Å². The van der Waals surface area contributed by atoms with E-state index in [0.29, 0.717) is 5.75 Å². The van der Waals surface area contributed by atoms with Crippen molar-refractivity contribution in [2.45, 2.75) is 26.4 Å². The lowest BCUT2D eigenvalue weighted by Gasteiger charge is -2.23. The van der Waals surface area contributed by atoms with Gasteiger partial charge in [0.1, 0.15) is 5.75 Å². The second-order valence-corrected chi connectivity index (χ2v) is 4.68. The predicted octanol–water partition coefficient (Wildman–Crippen LogP) is 0.269. The molecule has 0 unspecified atom stereocenters. The van der Waals surface area contributed by atoms with Crippen molar-refractivity contribution < 1.29 is 19.4 Å². The third kappa shape index (κ3) is 4.46. The van der Waals surface area contributed by atoms with Crippen LogP contribution in [0.5, 0.6) is 5.75 Å². The van der Waals surface area contributed by atoms with Crippen molar-refractivity contribution in [2.24, 2.45) is 5.92 Å². The number of methoxy groups -OCH3 is 1. The van der Waals surface area contributed by atoms with Crippen LogP contribution in [0.4, 0.5) is 4.79 Å². The van der Waals surface area contributed by atoms with Crippen molar-refractivity contribution in [1.29, 1.82) is 0 Å². The molecule has 0 aromatic heterocycles. The Bertz CT molecular complexity index is 474. The Morgan fingerprint density at radius 1 is 1.30 bits per heavy atom. The third-order valence-corrected chi connectivity index (χ3v) is 2.84. The van der Waals surface area contributed by atoms with Crippen LogP contribution in [0.2, 0.25) is 0 Å². The number of benzene rings is 1. The molecule has 110 valence electrons. The summed E-state index contributed by atoms with van der Waals surface area (Å²) in [4.78, 5) is 22.6. The third-order valence-electron chi connectivity index (χ3n) is 2.84. The molecular formula is C14H19N2O4-. The SMILES string of the molecule is COc1ccccc1CNC(=O)N[C@H](C(=O)[O-])C(C)C. The van der Waals surface area contributed by atoms with Gasteiger partial charge in [0.05, 0.1) is 19.1 Å². The number of aliphatic carboxylic acids is 1. The molecule has 1 aromatic rings. The largest absolute Gasteiger partial charge is 0.548 e. The molecular weight excluding hydrogens is 260 g/mol. The number of ether oxygens (including phenoxy) is 1. The zero-order chi connectivity index (χ0) is 15.1. The molecule has 0 aliphatic rings. The number of carboxylic acids is 1.